The van der Waals surface area contributed by atoms with Crippen LogP contribution in [0.2, 0.25) is 5.02 Å². The number of halogens is 2. The van der Waals surface area contributed by atoms with Crippen LogP contribution in [0.15, 0.2) is 18.3 Å². The van der Waals surface area contributed by atoms with Gasteiger partial charge in [0.2, 0.25) is 0 Å². The smallest absolute Gasteiger partial charge is 0.144 e. The van der Waals surface area contributed by atoms with E-state index in [4.69, 9.17) is 23.2 Å². The number of nitrogens with zero attached hydrogens (tertiary/aromatic N) is 1. The number of rotatable bonds is 4. The summed E-state index contributed by atoms with van der Waals surface area (Å²) in [6, 6.07) is 3.69. The molecule has 17 heavy (non-hydrogen) atoms. The van der Waals surface area contributed by atoms with Gasteiger partial charge in [0.1, 0.15) is 5.82 Å². The lowest BCUT2D eigenvalue weighted by Gasteiger charge is -2.35. The van der Waals surface area contributed by atoms with Gasteiger partial charge in [-0.25, -0.2) is 4.98 Å². The van der Waals surface area contributed by atoms with Gasteiger partial charge in [-0.05, 0) is 25.0 Å². The third-order valence-electron chi connectivity index (χ3n) is 3.59. The highest BCUT2D eigenvalue weighted by atomic mass is 35.5. The molecule has 1 aliphatic carbocycles. The van der Waals surface area contributed by atoms with Crippen LogP contribution < -0.4 is 5.32 Å². The van der Waals surface area contributed by atoms with Gasteiger partial charge in [0, 0.05) is 24.0 Å². The van der Waals surface area contributed by atoms with E-state index in [1.165, 1.54) is 32.1 Å². The lowest BCUT2D eigenvalue weighted by Crippen LogP contribution is -2.34. The van der Waals surface area contributed by atoms with Crippen molar-refractivity contribution < 1.29 is 0 Å². The molecule has 1 saturated carbocycles. The lowest BCUT2D eigenvalue weighted by molar-refractivity contribution is 0.238. The average Bonchev–Trinajstić information content (AvgIpc) is 2.39. The molecule has 0 bridgehead atoms. The van der Waals surface area contributed by atoms with Crippen LogP contribution in [-0.4, -0.2) is 17.4 Å². The molecular weight excluding hydrogens is 255 g/mol. The first-order chi connectivity index (χ1) is 8.26. The van der Waals surface area contributed by atoms with E-state index in [1.807, 2.05) is 12.1 Å². The Morgan fingerprint density at radius 1 is 1.29 bits per heavy atom. The van der Waals surface area contributed by atoms with Crippen LogP contribution in [0.3, 0.4) is 0 Å². The minimum absolute atomic E-state index is 0.223. The van der Waals surface area contributed by atoms with Crippen LogP contribution in [0.1, 0.15) is 32.1 Å². The summed E-state index contributed by atoms with van der Waals surface area (Å²) in [5.74, 6) is 1.48. The Hall–Kier alpha value is -0.470. The van der Waals surface area contributed by atoms with E-state index >= 15 is 0 Å². The molecule has 1 N–H and O–H groups in total. The maximum absolute atomic E-state index is 6.15. The van der Waals surface area contributed by atoms with Crippen LogP contribution in [0, 0.1) is 5.41 Å². The molecule has 0 atom stereocenters. The second-order valence-corrected chi connectivity index (χ2v) is 5.56. The number of pyridine rings is 1. The number of hydrogen-bond acceptors (Lipinski definition) is 2. The van der Waals surface area contributed by atoms with Crippen molar-refractivity contribution in [3.05, 3.63) is 23.4 Å². The summed E-state index contributed by atoms with van der Waals surface area (Å²) in [7, 11) is 0. The highest BCUT2D eigenvalue weighted by Gasteiger charge is 2.31. The van der Waals surface area contributed by atoms with Crippen molar-refractivity contribution in [2.24, 2.45) is 5.41 Å². The maximum Gasteiger partial charge on any atom is 0.144 e. The monoisotopic (exact) mass is 272 g/mol. The summed E-state index contributed by atoms with van der Waals surface area (Å²) < 4.78 is 0. The molecule has 0 aromatic carbocycles. The predicted molar refractivity (Wildman–Crippen MR) is 74.0 cm³/mol. The zero-order valence-electron chi connectivity index (χ0n) is 9.88. The number of aromatic nitrogens is 1. The predicted octanol–water partition coefficient (Wildman–Crippen LogP) is 4.34. The fourth-order valence-corrected chi connectivity index (χ4v) is 3.00. The standard InChI is InChI=1S/C13H18Cl2N2/c14-9-13(6-2-1-3-7-13)10-17-12-11(15)5-4-8-16-12/h4-5,8H,1-3,6-7,9-10H2,(H,16,17). The quantitative estimate of drug-likeness (QED) is 0.825. The van der Waals surface area contributed by atoms with Crippen LogP contribution in [0.5, 0.6) is 0 Å². The second kappa shape index (κ2) is 5.92. The van der Waals surface area contributed by atoms with Gasteiger partial charge in [0.05, 0.1) is 5.02 Å². The zero-order valence-corrected chi connectivity index (χ0v) is 11.4. The maximum atomic E-state index is 6.15. The molecule has 0 amide bonds. The van der Waals surface area contributed by atoms with Gasteiger partial charge in [-0.1, -0.05) is 30.9 Å². The Balaban J connectivity index is 1.98. The van der Waals surface area contributed by atoms with E-state index in [2.05, 4.69) is 10.3 Å². The molecule has 1 aromatic rings. The molecule has 4 heteroatoms. The van der Waals surface area contributed by atoms with Gasteiger partial charge in [0.15, 0.2) is 0 Å². The van der Waals surface area contributed by atoms with Crippen molar-refractivity contribution in [2.75, 3.05) is 17.7 Å². The molecule has 1 aliphatic rings. The summed E-state index contributed by atoms with van der Waals surface area (Å²) >= 11 is 12.2. The third-order valence-corrected chi connectivity index (χ3v) is 4.46. The van der Waals surface area contributed by atoms with Gasteiger partial charge in [0.25, 0.3) is 0 Å². The summed E-state index contributed by atoms with van der Waals surface area (Å²) in [6.45, 7) is 0.868. The van der Waals surface area contributed by atoms with Crippen LogP contribution in [0.25, 0.3) is 0 Å². The number of nitrogens with one attached hydrogen (secondary N) is 1. The van der Waals surface area contributed by atoms with Crippen LogP contribution in [-0.2, 0) is 0 Å². The summed E-state index contributed by atoms with van der Waals surface area (Å²) in [6.07, 6.45) is 8.06. The van der Waals surface area contributed by atoms with E-state index in [9.17, 15) is 0 Å². The van der Waals surface area contributed by atoms with E-state index < -0.39 is 0 Å². The average molecular weight is 273 g/mol. The first-order valence-electron chi connectivity index (χ1n) is 6.16. The molecule has 0 radical (unpaired) electrons. The van der Waals surface area contributed by atoms with Gasteiger partial charge < -0.3 is 5.32 Å². The normalized spacial score (nSPS) is 18.9. The van der Waals surface area contributed by atoms with Crippen molar-refractivity contribution in [3.63, 3.8) is 0 Å². The molecular formula is C13H18Cl2N2. The van der Waals surface area contributed by atoms with Crippen LogP contribution >= 0.6 is 23.2 Å². The number of anilines is 1. The minimum Gasteiger partial charge on any atom is -0.368 e. The fourth-order valence-electron chi connectivity index (χ4n) is 2.45. The highest BCUT2D eigenvalue weighted by Crippen LogP contribution is 2.37. The molecule has 0 aliphatic heterocycles. The molecule has 1 fully saturated rings. The third kappa shape index (κ3) is 3.26. The largest absolute Gasteiger partial charge is 0.368 e. The van der Waals surface area contributed by atoms with Crippen molar-refractivity contribution in [3.8, 4) is 0 Å². The molecule has 0 saturated heterocycles. The topological polar surface area (TPSA) is 24.9 Å². The van der Waals surface area contributed by atoms with E-state index in [0.29, 0.717) is 10.9 Å². The summed E-state index contributed by atoms with van der Waals surface area (Å²) in [5.41, 5.74) is 0.223. The van der Waals surface area contributed by atoms with Crippen molar-refractivity contribution in [1.82, 2.24) is 4.98 Å². The Morgan fingerprint density at radius 2 is 2.06 bits per heavy atom. The molecule has 1 heterocycles. The van der Waals surface area contributed by atoms with Crippen molar-refractivity contribution >= 4 is 29.0 Å². The zero-order chi connectivity index (χ0) is 12.1. The van der Waals surface area contributed by atoms with Crippen LogP contribution in [0.4, 0.5) is 5.82 Å². The van der Waals surface area contributed by atoms with Gasteiger partial charge in [-0.2, -0.15) is 0 Å². The van der Waals surface area contributed by atoms with Gasteiger partial charge in [-0.15, -0.1) is 11.6 Å². The Morgan fingerprint density at radius 3 is 2.71 bits per heavy atom. The summed E-state index contributed by atoms with van der Waals surface area (Å²) in [4.78, 5) is 4.24. The Bertz CT molecular complexity index is 362. The molecule has 94 valence electrons. The van der Waals surface area contributed by atoms with Crippen molar-refractivity contribution in [1.29, 1.82) is 0 Å². The van der Waals surface area contributed by atoms with E-state index in [0.717, 1.165) is 12.4 Å². The first-order valence-corrected chi connectivity index (χ1v) is 7.07. The first kappa shape index (κ1) is 13.0. The fraction of sp³-hybridized carbons (Fsp3) is 0.615. The molecule has 2 rings (SSSR count). The number of hydrogen-bond donors (Lipinski definition) is 1. The van der Waals surface area contributed by atoms with Gasteiger partial charge >= 0.3 is 0 Å². The highest BCUT2D eigenvalue weighted by molar-refractivity contribution is 6.32. The SMILES string of the molecule is ClCC1(CNc2ncccc2Cl)CCCCC1. The minimum atomic E-state index is 0.223. The number of alkyl halides is 1. The molecule has 1 aromatic heterocycles. The van der Waals surface area contributed by atoms with E-state index in [1.54, 1.807) is 6.20 Å². The van der Waals surface area contributed by atoms with Gasteiger partial charge in [-0.3, -0.25) is 0 Å². The molecule has 0 unspecified atom stereocenters. The van der Waals surface area contributed by atoms with Crippen molar-refractivity contribution in [2.45, 2.75) is 32.1 Å². The Kier molecular flexibility index (Phi) is 4.52. The lowest BCUT2D eigenvalue weighted by atomic mass is 9.75. The summed E-state index contributed by atoms with van der Waals surface area (Å²) in [5, 5.41) is 4.02. The van der Waals surface area contributed by atoms with E-state index in [-0.39, 0.29) is 5.41 Å². The second-order valence-electron chi connectivity index (χ2n) is 4.88. The Labute approximate surface area is 113 Å². The molecule has 2 nitrogen and oxygen atoms in total. The molecule has 0 spiro atoms.